The lowest BCUT2D eigenvalue weighted by Crippen LogP contribution is -2.46. The van der Waals surface area contributed by atoms with E-state index in [0.717, 1.165) is 18.1 Å². The highest BCUT2D eigenvalue weighted by Crippen LogP contribution is 2.38. The fourth-order valence-electron chi connectivity index (χ4n) is 4.60. The second-order valence-electron chi connectivity index (χ2n) is 7.69. The Labute approximate surface area is 153 Å². The zero-order valence-electron chi connectivity index (χ0n) is 15.1. The number of aryl methyl sites for hydroxylation is 1. The second kappa shape index (κ2) is 6.06. The maximum atomic E-state index is 5.96. The Morgan fingerprint density at radius 3 is 2.58 bits per heavy atom. The van der Waals surface area contributed by atoms with E-state index in [-0.39, 0.29) is 0 Å². The van der Waals surface area contributed by atoms with Gasteiger partial charge in [0.2, 0.25) is 0 Å². The summed E-state index contributed by atoms with van der Waals surface area (Å²) in [6, 6.07) is 9.12. The summed E-state index contributed by atoms with van der Waals surface area (Å²) in [4.78, 5) is 15.7. The number of rotatable bonds is 3. The lowest BCUT2D eigenvalue weighted by atomic mass is 9.75. The van der Waals surface area contributed by atoms with E-state index in [1.807, 2.05) is 11.5 Å². The average molecular weight is 348 g/mol. The van der Waals surface area contributed by atoms with E-state index in [2.05, 4.69) is 44.1 Å². The lowest BCUT2D eigenvalue weighted by molar-refractivity contribution is 0.0871. The molecule has 1 unspecified atom stereocenters. The van der Waals surface area contributed by atoms with E-state index < -0.39 is 0 Å². The van der Waals surface area contributed by atoms with Gasteiger partial charge in [-0.25, -0.2) is 15.0 Å². The predicted octanol–water partition coefficient (Wildman–Crippen LogP) is 2.57. The maximum absolute atomic E-state index is 5.96. The van der Waals surface area contributed by atoms with Gasteiger partial charge in [-0.1, -0.05) is 24.3 Å². The number of hydrogen-bond acceptors (Lipinski definition) is 5. The smallest absolute Gasteiger partial charge is 0.166 e. The standard InChI is InChI=1S/C20H24N6/c1-13-23-19(21)18-20(24-13)26(12-22-18)10-14-2-4-15(5-3-14)17-11-25-8-6-16(17)7-9-25/h2-5,12,16-17H,6-11H2,1H3,(H2,21,23,24). The molecule has 0 spiro atoms. The first-order valence-electron chi connectivity index (χ1n) is 9.43. The molecule has 3 saturated heterocycles. The number of imidazole rings is 1. The van der Waals surface area contributed by atoms with E-state index in [0.29, 0.717) is 23.1 Å². The Hall–Kier alpha value is -2.47. The molecule has 2 bridgehead atoms. The first-order valence-corrected chi connectivity index (χ1v) is 9.43. The van der Waals surface area contributed by atoms with Crippen LogP contribution < -0.4 is 5.73 Å². The minimum absolute atomic E-state index is 0.448. The van der Waals surface area contributed by atoms with Crippen molar-refractivity contribution in [2.24, 2.45) is 5.92 Å². The van der Waals surface area contributed by atoms with E-state index >= 15 is 0 Å². The Balaban J connectivity index is 1.39. The van der Waals surface area contributed by atoms with Crippen molar-refractivity contribution in [1.29, 1.82) is 0 Å². The molecule has 1 aromatic carbocycles. The van der Waals surface area contributed by atoms with E-state index in [9.17, 15) is 0 Å². The molecule has 6 nitrogen and oxygen atoms in total. The highest BCUT2D eigenvalue weighted by Gasteiger charge is 2.34. The second-order valence-corrected chi connectivity index (χ2v) is 7.69. The number of piperidine rings is 3. The molecule has 0 saturated carbocycles. The third-order valence-corrected chi connectivity index (χ3v) is 6.02. The van der Waals surface area contributed by atoms with Crippen molar-refractivity contribution < 1.29 is 0 Å². The highest BCUT2D eigenvalue weighted by atomic mass is 15.1. The van der Waals surface area contributed by atoms with Crippen molar-refractivity contribution in [3.63, 3.8) is 0 Å². The molecule has 1 atom stereocenters. The summed E-state index contributed by atoms with van der Waals surface area (Å²) in [5.74, 6) is 2.69. The minimum atomic E-state index is 0.448. The molecular weight excluding hydrogens is 324 g/mol. The van der Waals surface area contributed by atoms with Gasteiger partial charge in [0.1, 0.15) is 11.3 Å². The Morgan fingerprint density at radius 2 is 1.88 bits per heavy atom. The molecule has 3 aromatic rings. The average Bonchev–Trinajstić information content (AvgIpc) is 3.06. The van der Waals surface area contributed by atoms with Crippen LogP contribution in [0.25, 0.3) is 11.2 Å². The van der Waals surface area contributed by atoms with E-state index in [4.69, 9.17) is 5.73 Å². The maximum Gasteiger partial charge on any atom is 0.166 e. The van der Waals surface area contributed by atoms with Crippen molar-refractivity contribution >= 4 is 17.0 Å². The largest absolute Gasteiger partial charge is 0.382 e. The molecule has 6 heteroatoms. The molecule has 2 aromatic heterocycles. The van der Waals surface area contributed by atoms with Crippen LogP contribution in [0.5, 0.6) is 0 Å². The molecule has 26 heavy (non-hydrogen) atoms. The van der Waals surface area contributed by atoms with Crippen LogP contribution in [0, 0.1) is 12.8 Å². The molecule has 3 aliphatic heterocycles. The van der Waals surface area contributed by atoms with Crippen LogP contribution in [0.2, 0.25) is 0 Å². The topological polar surface area (TPSA) is 72.9 Å². The van der Waals surface area contributed by atoms with Gasteiger partial charge in [0.05, 0.1) is 12.9 Å². The SMILES string of the molecule is Cc1nc(N)c2ncn(Cc3ccc(C4CN5CCC4CC5)cc3)c2n1. The fraction of sp³-hybridized carbons (Fsp3) is 0.450. The first-order chi connectivity index (χ1) is 12.7. The summed E-state index contributed by atoms with van der Waals surface area (Å²) in [6.45, 7) is 6.41. The van der Waals surface area contributed by atoms with Crippen molar-refractivity contribution in [2.45, 2.75) is 32.2 Å². The van der Waals surface area contributed by atoms with Gasteiger partial charge in [-0.3, -0.25) is 0 Å². The molecule has 3 aliphatic rings. The molecule has 6 rings (SSSR count). The quantitative estimate of drug-likeness (QED) is 0.787. The van der Waals surface area contributed by atoms with Crippen molar-refractivity contribution in [3.05, 3.63) is 47.5 Å². The number of fused-ring (bicyclic) bond motifs is 4. The van der Waals surface area contributed by atoms with Crippen LogP contribution >= 0.6 is 0 Å². The van der Waals surface area contributed by atoms with Crippen LogP contribution in [-0.4, -0.2) is 44.1 Å². The van der Waals surface area contributed by atoms with Gasteiger partial charge < -0.3 is 15.2 Å². The van der Waals surface area contributed by atoms with Crippen molar-refractivity contribution in [3.8, 4) is 0 Å². The number of nitrogens with two attached hydrogens (primary N) is 1. The molecule has 3 fully saturated rings. The first kappa shape index (κ1) is 15.8. The minimum Gasteiger partial charge on any atom is -0.382 e. The number of benzene rings is 1. The van der Waals surface area contributed by atoms with Gasteiger partial charge in [0, 0.05) is 6.54 Å². The third-order valence-electron chi connectivity index (χ3n) is 6.02. The van der Waals surface area contributed by atoms with Gasteiger partial charge in [-0.2, -0.15) is 0 Å². The van der Waals surface area contributed by atoms with Gasteiger partial charge in [-0.15, -0.1) is 0 Å². The number of anilines is 1. The van der Waals surface area contributed by atoms with Gasteiger partial charge in [-0.05, 0) is 55.8 Å². The monoisotopic (exact) mass is 348 g/mol. The zero-order valence-corrected chi connectivity index (χ0v) is 15.1. The van der Waals surface area contributed by atoms with Gasteiger partial charge in [0.15, 0.2) is 11.5 Å². The van der Waals surface area contributed by atoms with Crippen LogP contribution in [0.4, 0.5) is 5.82 Å². The number of hydrogen-bond donors (Lipinski definition) is 1. The van der Waals surface area contributed by atoms with Crippen LogP contribution in [0.3, 0.4) is 0 Å². The Bertz CT molecular complexity index is 937. The number of aromatic nitrogens is 4. The Kier molecular flexibility index (Phi) is 3.67. The van der Waals surface area contributed by atoms with Crippen molar-refractivity contribution in [1.82, 2.24) is 24.4 Å². The van der Waals surface area contributed by atoms with E-state index in [1.54, 1.807) is 6.33 Å². The number of nitrogens with zero attached hydrogens (tertiary/aromatic N) is 5. The van der Waals surface area contributed by atoms with Crippen LogP contribution in [0.15, 0.2) is 30.6 Å². The van der Waals surface area contributed by atoms with Gasteiger partial charge in [0.25, 0.3) is 0 Å². The fourth-order valence-corrected chi connectivity index (χ4v) is 4.60. The van der Waals surface area contributed by atoms with Crippen molar-refractivity contribution in [2.75, 3.05) is 25.4 Å². The molecule has 134 valence electrons. The summed E-state index contributed by atoms with van der Waals surface area (Å²) >= 11 is 0. The van der Waals surface area contributed by atoms with Crippen LogP contribution in [-0.2, 0) is 6.54 Å². The molecular formula is C20H24N6. The summed E-state index contributed by atoms with van der Waals surface area (Å²) < 4.78 is 2.05. The number of nitrogen functional groups attached to an aromatic ring is 1. The molecule has 0 amide bonds. The highest BCUT2D eigenvalue weighted by molar-refractivity contribution is 5.81. The molecule has 2 N–H and O–H groups in total. The third kappa shape index (κ3) is 2.65. The summed E-state index contributed by atoms with van der Waals surface area (Å²) in [5.41, 5.74) is 10.2. The van der Waals surface area contributed by atoms with Crippen LogP contribution in [0.1, 0.15) is 35.7 Å². The predicted molar refractivity (Wildman–Crippen MR) is 102 cm³/mol. The molecule has 5 heterocycles. The normalized spacial score (nSPS) is 25.0. The van der Waals surface area contributed by atoms with Gasteiger partial charge >= 0.3 is 0 Å². The summed E-state index contributed by atoms with van der Waals surface area (Å²) in [7, 11) is 0. The molecule has 0 radical (unpaired) electrons. The summed E-state index contributed by atoms with van der Waals surface area (Å²) in [5, 5.41) is 0. The Morgan fingerprint density at radius 1 is 1.12 bits per heavy atom. The summed E-state index contributed by atoms with van der Waals surface area (Å²) in [6.07, 6.45) is 4.51. The molecule has 0 aliphatic carbocycles. The van der Waals surface area contributed by atoms with E-state index in [1.165, 1.54) is 43.6 Å². The lowest BCUT2D eigenvalue weighted by Gasteiger charge is -2.45. The zero-order chi connectivity index (χ0) is 17.7.